The maximum atomic E-state index is 12.8. The van der Waals surface area contributed by atoms with E-state index >= 15 is 0 Å². The predicted octanol–water partition coefficient (Wildman–Crippen LogP) is 3.80. The van der Waals surface area contributed by atoms with Crippen molar-refractivity contribution >= 4 is 17.4 Å². The van der Waals surface area contributed by atoms with Crippen molar-refractivity contribution in [2.75, 3.05) is 31.6 Å². The zero-order valence-corrected chi connectivity index (χ0v) is 15.3. The van der Waals surface area contributed by atoms with Crippen molar-refractivity contribution in [3.63, 3.8) is 0 Å². The van der Waals surface area contributed by atoms with Gasteiger partial charge in [-0.05, 0) is 68.0 Å². The summed E-state index contributed by atoms with van der Waals surface area (Å²) in [4.78, 5) is 21.6. The number of aryl methyl sites for hydroxylation is 1. The number of aromatic nitrogens is 1. The van der Waals surface area contributed by atoms with Gasteiger partial charge in [0.15, 0.2) is 0 Å². The smallest absolute Gasteiger partial charge is 0.255 e. The minimum absolute atomic E-state index is 0.126. The number of benzene rings is 1. The lowest BCUT2D eigenvalue weighted by molar-refractivity contribution is 0.0724. The predicted molar refractivity (Wildman–Crippen MR) is 102 cm³/mol. The summed E-state index contributed by atoms with van der Waals surface area (Å²) < 4.78 is 5.25. The maximum absolute atomic E-state index is 12.8. The van der Waals surface area contributed by atoms with Crippen molar-refractivity contribution in [3.8, 4) is 5.75 Å². The summed E-state index contributed by atoms with van der Waals surface area (Å²) in [6, 6.07) is 10.1. The minimum Gasteiger partial charge on any atom is -0.497 e. The SMILES string of the molecule is COc1ccc(N2CCCc3cc(C(=O)N4CCCCC4)cnc32)cc1. The Balaban J connectivity index is 1.59. The summed E-state index contributed by atoms with van der Waals surface area (Å²) >= 11 is 0. The van der Waals surface area contributed by atoms with Gasteiger partial charge in [-0.1, -0.05) is 0 Å². The number of carbonyl (C=O) groups excluding carboxylic acids is 1. The highest BCUT2D eigenvalue weighted by molar-refractivity contribution is 5.94. The highest BCUT2D eigenvalue weighted by atomic mass is 16.5. The van der Waals surface area contributed by atoms with Crippen molar-refractivity contribution < 1.29 is 9.53 Å². The van der Waals surface area contributed by atoms with Crippen LogP contribution in [0, 0.1) is 0 Å². The van der Waals surface area contributed by atoms with Crippen LogP contribution in [-0.2, 0) is 6.42 Å². The van der Waals surface area contributed by atoms with Gasteiger partial charge in [-0.25, -0.2) is 4.98 Å². The lowest BCUT2D eigenvalue weighted by atomic mass is 10.0. The summed E-state index contributed by atoms with van der Waals surface area (Å²) in [5, 5.41) is 0. The molecular weight excluding hydrogens is 326 g/mol. The van der Waals surface area contributed by atoms with Crippen LogP contribution in [0.3, 0.4) is 0 Å². The van der Waals surface area contributed by atoms with E-state index in [9.17, 15) is 4.79 Å². The summed E-state index contributed by atoms with van der Waals surface area (Å²) in [5.41, 5.74) is 2.99. The Morgan fingerprint density at radius 1 is 1.04 bits per heavy atom. The number of carbonyl (C=O) groups is 1. The van der Waals surface area contributed by atoms with Crippen LogP contribution in [-0.4, -0.2) is 42.5 Å². The fraction of sp³-hybridized carbons (Fsp3) is 0.429. The average Bonchev–Trinajstić information content (AvgIpc) is 2.73. The van der Waals surface area contributed by atoms with Gasteiger partial charge in [0.05, 0.1) is 12.7 Å². The van der Waals surface area contributed by atoms with E-state index in [1.807, 2.05) is 17.0 Å². The molecule has 0 unspecified atom stereocenters. The molecule has 0 saturated carbocycles. The van der Waals surface area contributed by atoms with Gasteiger partial charge < -0.3 is 14.5 Å². The van der Waals surface area contributed by atoms with Gasteiger partial charge in [0.1, 0.15) is 11.6 Å². The van der Waals surface area contributed by atoms with Crippen molar-refractivity contribution in [1.29, 1.82) is 0 Å². The first kappa shape index (κ1) is 16.9. The lowest BCUT2D eigenvalue weighted by Crippen LogP contribution is -2.36. The number of rotatable bonds is 3. The zero-order chi connectivity index (χ0) is 17.9. The first-order valence-corrected chi connectivity index (χ1v) is 9.46. The molecule has 1 aromatic carbocycles. The normalized spacial score (nSPS) is 17.0. The van der Waals surface area contributed by atoms with Crippen molar-refractivity contribution in [3.05, 3.63) is 47.7 Å². The third kappa shape index (κ3) is 3.26. The third-order valence-corrected chi connectivity index (χ3v) is 5.30. The summed E-state index contributed by atoms with van der Waals surface area (Å²) in [6.45, 7) is 2.67. The Hall–Kier alpha value is -2.56. The van der Waals surface area contributed by atoms with Gasteiger partial charge in [-0.2, -0.15) is 0 Å². The van der Waals surface area contributed by atoms with Crippen LogP contribution in [0.4, 0.5) is 11.5 Å². The summed E-state index contributed by atoms with van der Waals surface area (Å²) in [5.74, 6) is 1.94. The Kier molecular flexibility index (Phi) is 4.78. The molecule has 0 atom stereocenters. The molecule has 0 aliphatic carbocycles. The molecule has 5 heteroatoms. The Morgan fingerprint density at radius 2 is 1.81 bits per heavy atom. The molecule has 136 valence electrons. The van der Waals surface area contributed by atoms with Crippen molar-refractivity contribution in [2.24, 2.45) is 0 Å². The highest BCUT2D eigenvalue weighted by Gasteiger charge is 2.23. The van der Waals surface area contributed by atoms with Gasteiger partial charge in [-0.3, -0.25) is 4.79 Å². The fourth-order valence-corrected chi connectivity index (χ4v) is 3.87. The number of methoxy groups -OCH3 is 1. The molecule has 2 aliphatic heterocycles. The number of anilines is 2. The first-order valence-electron chi connectivity index (χ1n) is 9.46. The van der Waals surface area contributed by atoms with E-state index in [1.54, 1.807) is 13.3 Å². The molecule has 3 heterocycles. The number of amides is 1. The molecule has 0 N–H and O–H groups in total. The van der Waals surface area contributed by atoms with Gasteiger partial charge in [0.25, 0.3) is 5.91 Å². The van der Waals surface area contributed by atoms with E-state index in [4.69, 9.17) is 4.74 Å². The maximum Gasteiger partial charge on any atom is 0.255 e. The van der Waals surface area contributed by atoms with Crippen molar-refractivity contribution in [2.45, 2.75) is 32.1 Å². The second-order valence-corrected chi connectivity index (χ2v) is 7.01. The Morgan fingerprint density at radius 3 is 2.54 bits per heavy atom. The number of piperidine rings is 1. The lowest BCUT2D eigenvalue weighted by Gasteiger charge is -2.31. The molecule has 2 aromatic rings. The van der Waals surface area contributed by atoms with Gasteiger partial charge in [0.2, 0.25) is 0 Å². The number of fused-ring (bicyclic) bond motifs is 1. The third-order valence-electron chi connectivity index (χ3n) is 5.30. The second kappa shape index (κ2) is 7.36. The molecule has 0 radical (unpaired) electrons. The zero-order valence-electron chi connectivity index (χ0n) is 15.3. The van der Waals surface area contributed by atoms with Gasteiger partial charge >= 0.3 is 0 Å². The van der Waals surface area contributed by atoms with E-state index in [-0.39, 0.29) is 5.91 Å². The standard InChI is InChI=1S/C21H25N3O2/c1-26-19-9-7-18(8-10-19)24-13-5-6-16-14-17(15-22-20(16)24)21(25)23-11-3-2-4-12-23/h7-10,14-15H,2-6,11-13H2,1H3. The monoisotopic (exact) mass is 351 g/mol. The number of likely N-dealkylation sites (tertiary alicyclic amines) is 1. The quantitative estimate of drug-likeness (QED) is 0.844. The molecule has 1 amide bonds. The Bertz CT molecular complexity index is 782. The number of pyridine rings is 1. The molecule has 1 saturated heterocycles. The molecule has 0 bridgehead atoms. The number of hydrogen-bond acceptors (Lipinski definition) is 4. The van der Waals surface area contributed by atoms with Crippen LogP contribution in [0.5, 0.6) is 5.75 Å². The second-order valence-electron chi connectivity index (χ2n) is 7.01. The van der Waals surface area contributed by atoms with Crippen LogP contribution in [0.1, 0.15) is 41.6 Å². The molecule has 26 heavy (non-hydrogen) atoms. The van der Waals surface area contributed by atoms with Gasteiger partial charge in [0, 0.05) is 31.5 Å². The average molecular weight is 351 g/mol. The molecule has 0 spiro atoms. The minimum atomic E-state index is 0.126. The largest absolute Gasteiger partial charge is 0.497 e. The molecule has 2 aliphatic rings. The molecule has 5 nitrogen and oxygen atoms in total. The molecule has 1 aromatic heterocycles. The number of ether oxygens (including phenoxy) is 1. The van der Waals surface area contributed by atoms with E-state index in [2.05, 4.69) is 28.1 Å². The summed E-state index contributed by atoms with van der Waals surface area (Å²) in [7, 11) is 1.67. The van der Waals surface area contributed by atoms with Crippen LogP contribution in [0.2, 0.25) is 0 Å². The van der Waals surface area contributed by atoms with E-state index < -0.39 is 0 Å². The molecular formula is C21H25N3O2. The van der Waals surface area contributed by atoms with Gasteiger partial charge in [-0.15, -0.1) is 0 Å². The van der Waals surface area contributed by atoms with Crippen LogP contribution in [0.25, 0.3) is 0 Å². The topological polar surface area (TPSA) is 45.7 Å². The highest BCUT2D eigenvalue weighted by Crippen LogP contribution is 2.33. The fourth-order valence-electron chi connectivity index (χ4n) is 3.87. The van der Waals surface area contributed by atoms with Crippen molar-refractivity contribution in [1.82, 2.24) is 9.88 Å². The van der Waals surface area contributed by atoms with Crippen LogP contribution >= 0.6 is 0 Å². The van der Waals surface area contributed by atoms with E-state index in [1.165, 1.54) is 6.42 Å². The van der Waals surface area contributed by atoms with E-state index in [0.717, 1.165) is 73.7 Å². The number of hydrogen-bond donors (Lipinski definition) is 0. The van der Waals surface area contributed by atoms with E-state index in [0.29, 0.717) is 0 Å². The Labute approximate surface area is 154 Å². The number of nitrogens with zero attached hydrogens (tertiary/aromatic N) is 3. The van der Waals surface area contributed by atoms with Crippen LogP contribution < -0.4 is 9.64 Å². The molecule has 4 rings (SSSR count). The molecule has 1 fully saturated rings. The first-order chi connectivity index (χ1) is 12.8. The van der Waals surface area contributed by atoms with Crippen LogP contribution in [0.15, 0.2) is 36.5 Å². The summed E-state index contributed by atoms with van der Waals surface area (Å²) in [6.07, 6.45) is 7.21.